The lowest BCUT2D eigenvalue weighted by molar-refractivity contribution is -0.107. The molecule has 124 valence electrons. The maximum absolute atomic E-state index is 9.10. The van der Waals surface area contributed by atoms with Gasteiger partial charge >= 0.3 is 0 Å². The summed E-state index contributed by atoms with van der Waals surface area (Å²) in [5, 5.41) is 22.5. The minimum absolute atomic E-state index is 0.551. The van der Waals surface area contributed by atoms with E-state index < -0.39 is 11.2 Å². The summed E-state index contributed by atoms with van der Waals surface area (Å²) < 4.78 is 2.02. The van der Waals surface area contributed by atoms with Gasteiger partial charge in [0, 0.05) is 25.5 Å². The van der Waals surface area contributed by atoms with Crippen LogP contribution in [0.3, 0.4) is 0 Å². The molecule has 0 bridgehead atoms. The summed E-state index contributed by atoms with van der Waals surface area (Å²) in [6.45, 7) is 12.0. The summed E-state index contributed by atoms with van der Waals surface area (Å²) in [5.74, 6) is 0. The lowest BCUT2D eigenvalue weighted by Crippen LogP contribution is -2.44. The first kappa shape index (κ1) is 19.2. The first-order chi connectivity index (χ1) is 10.0. The molecule has 0 spiro atoms. The van der Waals surface area contributed by atoms with Crippen LogP contribution >= 0.6 is 0 Å². The highest BCUT2D eigenvalue weighted by Crippen LogP contribution is 2.20. The molecule has 2 radical (unpaired) electrons. The van der Waals surface area contributed by atoms with Crippen molar-refractivity contribution in [2.75, 3.05) is 19.6 Å². The Morgan fingerprint density at radius 2 is 1.68 bits per heavy atom. The third-order valence-electron chi connectivity index (χ3n) is 4.50. The van der Waals surface area contributed by atoms with Crippen LogP contribution in [0, 0.1) is 0 Å². The van der Waals surface area contributed by atoms with Crippen molar-refractivity contribution in [2.24, 2.45) is 0 Å². The molecule has 0 atom stereocenters. The minimum atomic E-state index is -1.01. The van der Waals surface area contributed by atoms with Crippen molar-refractivity contribution in [3.63, 3.8) is 0 Å². The molecule has 1 saturated heterocycles. The van der Waals surface area contributed by atoms with Crippen LogP contribution in [0.4, 0.5) is 0 Å². The van der Waals surface area contributed by atoms with Crippen molar-refractivity contribution in [3.05, 3.63) is 12.4 Å². The van der Waals surface area contributed by atoms with E-state index in [-0.39, 0.29) is 0 Å². The fourth-order valence-electron chi connectivity index (χ4n) is 2.05. The molecule has 0 amide bonds. The second-order valence-corrected chi connectivity index (χ2v) is 7.04. The zero-order valence-electron chi connectivity index (χ0n) is 14.6. The highest BCUT2D eigenvalue weighted by molar-refractivity contribution is 6.31. The molecule has 1 aromatic heterocycles. The lowest BCUT2D eigenvalue weighted by atomic mass is 9.90. The Bertz CT molecular complexity index is 429. The maximum atomic E-state index is 9.10. The van der Waals surface area contributed by atoms with Crippen molar-refractivity contribution >= 4 is 13.3 Å². The molecule has 5 nitrogen and oxygen atoms in total. The summed E-state index contributed by atoms with van der Waals surface area (Å²) in [6.07, 6.45) is 6.04. The second kappa shape index (κ2) is 7.62. The number of likely N-dealkylation sites (tertiary alicyclic amines) is 1. The quantitative estimate of drug-likeness (QED) is 0.813. The van der Waals surface area contributed by atoms with E-state index in [9.17, 15) is 0 Å². The van der Waals surface area contributed by atoms with Crippen molar-refractivity contribution < 1.29 is 10.2 Å². The van der Waals surface area contributed by atoms with E-state index in [0.29, 0.717) is 6.04 Å². The number of hydrogen-bond donors (Lipinski definition) is 2. The van der Waals surface area contributed by atoms with Crippen LogP contribution in [0.1, 0.15) is 53.5 Å². The molecule has 1 aliphatic rings. The second-order valence-electron chi connectivity index (χ2n) is 7.04. The molecule has 1 aromatic rings. The van der Waals surface area contributed by atoms with Crippen LogP contribution in [-0.4, -0.2) is 63.6 Å². The fraction of sp³-hybridized carbons (Fsp3) is 0.812. The van der Waals surface area contributed by atoms with Gasteiger partial charge in [-0.25, -0.2) is 0 Å². The molecule has 22 heavy (non-hydrogen) atoms. The third-order valence-corrected chi connectivity index (χ3v) is 4.50. The molecular weight excluding hydrogens is 277 g/mol. The normalized spacial score (nSPS) is 18.0. The summed E-state index contributed by atoms with van der Waals surface area (Å²) in [5.41, 5.74) is -1.25. The smallest absolute Gasteiger partial charge is 0.118 e. The van der Waals surface area contributed by atoms with E-state index in [1.54, 1.807) is 33.9 Å². The first-order valence-corrected chi connectivity index (χ1v) is 8.01. The van der Waals surface area contributed by atoms with Crippen LogP contribution in [-0.2, 0) is 0 Å². The van der Waals surface area contributed by atoms with Crippen LogP contribution in [0.5, 0.6) is 0 Å². The molecular formula is C16H30BN3O2. The molecule has 6 heteroatoms. The third kappa shape index (κ3) is 5.74. The molecule has 1 fully saturated rings. The van der Waals surface area contributed by atoms with E-state index in [1.807, 2.05) is 10.9 Å². The predicted octanol–water partition coefficient (Wildman–Crippen LogP) is 0.862. The maximum Gasteiger partial charge on any atom is 0.118 e. The SMILES string of the molecule is CC(C)(O)C(C)(C)O.[B]c1cnn(C2CCN(CC)CC2)c1. The van der Waals surface area contributed by atoms with Gasteiger partial charge in [-0.3, -0.25) is 4.68 Å². The summed E-state index contributed by atoms with van der Waals surface area (Å²) in [7, 11) is 5.64. The summed E-state index contributed by atoms with van der Waals surface area (Å²) in [6, 6.07) is 0.551. The van der Waals surface area contributed by atoms with E-state index in [2.05, 4.69) is 16.9 Å². The average Bonchev–Trinajstić information content (AvgIpc) is 2.84. The van der Waals surface area contributed by atoms with E-state index >= 15 is 0 Å². The Kier molecular flexibility index (Phi) is 6.65. The molecule has 0 unspecified atom stereocenters. The Labute approximate surface area is 135 Å². The molecule has 0 aliphatic carbocycles. The van der Waals surface area contributed by atoms with Crippen LogP contribution in [0.25, 0.3) is 0 Å². The van der Waals surface area contributed by atoms with Gasteiger partial charge in [-0.2, -0.15) is 5.10 Å². The van der Waals surface area contributed by atoms with E-state index in [4.69, 9.17) is 18.1 Å². The summed E-state index contributed by atoms with van der Waals surface area (Å²) >= 11 is 0. The first-order valence-electron chi connectivity index (χ1n) is 8.01. The number of piperidine rings is 1. The lowest BCUT2D eigenvalue weighted by Gasteiger charge is -2.31. The van der Waals surface area contributed by atoms with Crippen molar-refractivity contribution in [2.45, 2.75) is 64.7 Å². The summed E-state index contributed by atoms with van der Waals surface area (Å²) in [4.78, 5) is 2.48. The van der Waals surface area contributed by atoms with Crippen molar-refractivity contribution in [1.82, 2.24) is 14.7 Å². The van der Waals surface area contributed by atoms with Gasteiger partial charge in [-0.05, 0) is 47.1 Å². The Hall–Kier alpha value is -0.845. The topological polar surface area (TPSA) is 61.5 Å². The number of nitrogens with zero attached hydrogens (tertiary/aromatic N) is 3. The van der Waals surface area contributed by atoms with Gasteiger partial charge in [0.25, 0.3) is 0 Å². The molecule has 2 heterocycles. The Morgan fingerprint density at radius 1 is 1.18 bits per heavy atom. The number of hydrogen-bond acceptors (Lipinski definition) is 4. The molecule has 0 aromatic carbocycles. The molecule has 2 rings (SSSR count). The van der Waals surface area contributed by atoms with Gasteiger partial charge in [-0.1, -0.05) is 12.4 Å². The average molecular weight is 307 g/mol. The minimum Gasteiger partial charge on any atom is -0.387 e. The van der Waals surface area contributed by atoms with E-state index in [0.717, 1.165) is 12.0 Å². The number of aliphatic hydroxyl groups is 2. The van der Waals surface area contributed by atoms with Gasteiger partial charge < -0.3 is 15.1 Å². The monoisotopic (exact) mass is 307 g/mol. The van der Waals surface area contributed by atoms with Crippen LogP contribution in [0.15, 0.2) is 12.4 Å². The highest BCUT2D eigenvalue weighted by Gasteiger charge is 2.31. The fourth-order valence-corrected chi connectivity index (χ4v) is 2.05. The molecule has 1 aliphatic heterocycles. The van der Waals surface area contributed by atoms with Gasteiger partial charge in [0.2, 0.25) is 0 Å². The van der Waals surface area contributed by atoms with Crippen molar-refractivity contribution in [1.29, 1.82) is 0 Å². The van der Waals surface area contributed by atoms with Crippen molar-refractivity contribution in [3.8, 4) is 0 Å². The van der Waals surface area contributed by atoms with Gasteiger partial charge in [0.05, 0.1) is 17.2 Å². The zero-order valence-corrected chi connectivity index (χ0v) is 14.6. The Balaban J connectivity index is 0.000000261. The zero-order chi connectivity index (χ0) is 17.0. The predicted molar refractivity (Wildman–Crippen MR) is 90.6 cm³/mol. The molecule has 0 saturated carbocycles. The standard InChI is InChI=1S/C10H16BN3.C6H14O2/c1-2-13-5-3-10(4-6-13)14-8-9(11)7-12-14;1-5(2,7)6(3,4)8/h7-8,10H,2-6H2,1H3;7-8H,1-4H3. The van der Waals surface area contributed by atoms with Gasteiger partial charge in [0.15, 0.2) is 0 Å². The number of rotatable bonds is 3. The van der Waals surface area contributed by atoms with Gasteiger partial charge in [0.1, 0.15) is 7.85 Å². The van der Waals surface area contributed by atoms with Gasteiger partial charge in [-0.15, -0.1) is 0 Å². The van der Waals surface area contributed by atoms with Crippen LogP contribution in [0.2, 0.25) is 0 Å². The Morgan fingerprint density at radius 3 is 2.00 bits per heavy atom. The molecule has 2 N–H and O–H groups in total. The largest absolute Gasteiger partial charge is 0.387 e. The van der Waals surface area contributed by atoms with Crippen LogP contribution < -0.4 is 5.46 Å². The highest BCUT2D eigenvalue weighted by atomic mass is 16.3. The van der Waals surface area contributed by atoms with E-state index in [1.165, 1.54) is 25.9 Å². The number of aromatic nitrogens is 2.